The van der Waals surface area contributed by atoms with Gasteiger partial charge in [0.15, 0.2) is 0 Å². The maximum atomic E-state index is 13.0. The summed E-state index contributed by atoms with van der Waals surface area (Å²) >= 11 is 6.17. The summed E-state index contributed by atoms with van der Waals surface area (Å²) in [5.41, 5.74) is 8.29. The first-order valence-electron chi connectivity index (χ1n) is 12.1. The number of pyridine rings is 1. The minimum absolute atomic E-state index is 0.105. The lowest BCUT2D eigenvalue weighted by atomic mass is 9.99. The molecular weight excluding hydrogens is 444 g/mol. The molecule has 6 heteroatoms. The molecule has 5 nitrogen and oxygen atoms in total. The number of anilines is 1. The number of nitrogens with two attached hydrogens (primary N) is 1. The average Bonchev–Trinajstić information content (AvgIpc) is 2.88. The number of hydrogen-bond donors (Lipinski definition) is 1. The first-order chi connectivity index (χ1) is 16.6. The topological polar surface area (TPSA) is 62.5 Å². The number of halogens is 1. The van der Waals surface area contributed by atoms with Crippen molar-refractivity contribution >= 4 is 34.1 Å². The molecule has 3 aromatic rings. The van der Waals surface area contributed by atoms with Gasteiger partial charge in [-0.05, 0) is 75.2 Å². The number of amides is 1. The molecule has 3 heterocycles. The van der Waals surface area contributed by atoms with E-state index in [0.717, 1.165) is 42.3 Å². The number of aromatic nitrogens is 1. The highest BCUT2D eigenvalue weighted by molar-refractivity contribution is 6.31. The molecule has 174 valence electrons. The molecule has 2 aromatic carbocycles. The van der Waals surface area contributed by atoms with Crippen LogP contribution in [0.15, 0.2) is 48.7 Å². The molecule has 2 aliphatic rings. The summed E-state index contributed by atoms with van der Waals surface area (Å²) in [5.74, 6) is 6.79. The second-order valence-electron chi connectivity index (χ2n) is 9.20. The number of hydrogen-bond acceptors (Lipinski definition) is 4. The quantitative estimate of drug-likeness (QED) is 0.535. The summed E-state index contributed by atoms with van der Waals surface area (Å²) in [6.45, 7) is 4.10. The van der Waals surface area contributed by atoms with Gasteiger partial charge in [-0.3, -0.25) is 4.79 Å². The molecule has 0 radical (unpaired) electrons. The van der Waals surface area contributed by atoms with E-state index in [2.05, 4.69) is 21.7 Å². The van der Waals surface area contributed by atoms with Gasteiger partial charge in [0.05, 0.1) is 5.56 Å². The molecule has 5 rings (SSSR count). The summed E-state index contributed by atoms with van der Waals surface area (Å²) in [4.78, 5) is 21.9. The Morgan fingerprint density at radius 2 is 1.71 bits per heavy atom. The molecule has 2 saturated heterocycles. The van der Waals surface area contributed by atoms with Crippen molar-refractivity contribution in [2.45, 2.75) is 38.1 Å². The third-order valence-corrected chi connectivity index (χ3v) is 7.24. The van der Waals surface area contributed by atoms with Crippen LogP contribution in [0.5, 0.6) is 0 Å². The van der Waals surface area contributed by atoms with E-state index in [1.165, 1.54) is 32.4 Å². The van der Waals surface area contributed by atoms with Gasteiger partial charge in [0, 0.05) is 52.3 Å². The molecule has 0 atom stereocenters. The molecule has 0 saturated carbocycles. The molecule has 0 bridgehead atoms. The highest BCUT2D eigenvalue weighted by atomic mass is 35.5. The lowest BCUT2D eigenvalue weighted by Gasteiger charge is -2.40. The third kappa shape index (κ3) is 4.89. The van der Waals surface area contributed by atoms with Crippen molar-refractivity contribution < 1.29 is 4.79 Å². The SMILES string of the molecule is Nc1ncc2ccc(Cl)cc2c1C#Cc1ccc(C(=O)N2CCC(N3CCCCC3)CC2)cc1. The van der Waals surface area contributed by atoms with E-state index in [-0.39, 0.29) is 5.91 Å². The number of carbonyl (C=O) groups is 1. The first kappa shape index (κ1) is 22.7. The number of carbonyl (C=O) groups excluding carboxylic acids is 1. The molecular formula is C28H29ClN4O. The van der Waals surface area contributed by atoms with Crippen molar-refractivity contribution in [3.05, 3.63) is 70.4 Å². The van der Waals surface area contributed by atoms with Crippen LogP contribution in [0, 0.1) is 11.8 Å². The van der Waals surface area contributed by atoms with E-state index in [1.807, 2.05) is 47.4 Å². The van der Waals surface area contributed by atoms with Crippen LogP contribution in [-0.4, -0.2) is 52.9 Å². The minimum Gasteiger partial charge on any atom is -0.383 e. The highest BCUT2D eigenvalue weighted by Crippen LogP contribution is 2.25. The Labute approximate surface area is 205 Å². The number of piperidine rings is 2. The lowest BCUT2D eigenvalue weighted by Crippen LogP contribution is -2.48. The normalized spacial score (nSPS) is 17.4. The Hall–Kier alpha value is -3.07. The van der Waals surface area contributed by atoms with Crippen molar-refractivity contribution in [2.75, 3.05) is 31.9 Å². The fourth-order valence-corrected chi connectivity index (χ4v) is 5.23. The van der Waals surface area contributed by atoms with Crippen molar-refractivity contribution in [3.8, 4) is 11.8 Å². The van der Waals surface area contributed by atoms with Gasteiger partial charge in [-0.25, -0.2) is 4.98 Å². The first-order valence-corrected chi connectivity index (χ1v) is 12.5. The van der Waals surface area contributed by atoms with Gasteiger partial charge in [0.25, 0.3) is 5.91 Å². The zero-order valence-electron chi connectivity index (χ0n) is 19.3. The van der Waals surface area contributed by atoms with Gasteiger partial charge in [-0.15, -0.1) is 0 Å². The maximum absolute atomic E-state index is 13.0. The molecule has 2 N–H and O–H groups in total. The number of nitrogen functional groups attached to an aromatic ring is 1. The van der Waals surface area contributed by atoms with Gasteiger partial charge in [-0.1, -0.05) is 35.9 Å². The average molecular weight is 473 g/mol. The van der Waals surface area contributed by atoms with E-state index in [1.54, 1.807) is 6.20 Å². The van der Waals surface area contributed by atoms with Crippen LogP contribution in [0.1, 0.15) is 53.6 Å². The lowest BCUT2D eigenvalue weighted by molar-refractivity contribution is 0.0590. The van der Waals surface area contributed by atoms with E-state index in [9.17, 15) is 4.79 Å². The Morgan fingerprint density at radius 3 is 2.44 bits per heavy atom. The number of nitrogens with zero attached hydrogens (tertiary/aromatic N) is 3. The molecule has 2 aliphatic heterocycles. The predicted octanol–water partition coefficient (Wildman–Crippen LogP) is 4.96. The van der Waals surface area contributed by atoms with Gasteiger partial charge in [-0.2, -0.15) is 0 Å². The molecule has 34 heavy (non-hydrogen) atoms. The Kier molecular flexibility index (Phi) is 6.71. The van der Waals surface area contributed by atoms with Crippen LogP contribution in [0.3, 0.4) is 0 Å². The Balaban J connectivity index is 1.26. The van der Waals surface area contributed by atoms with E-state index in [4.69, 9.17) is 17.3 Å². The van der Waals surface area contributed by atoms with Crippen LogP contribution in [-0.2, 0) is 0 Å². The van der Waals surface area contributed by atoms with Crippen molar-refractivity contribution in [1.82, 2.24) is 14.8 Å². The zero-order valence-corrected chi connectivity index (χ0v) is 20.0. The monoisotopic (exact) mass is 472 g/mol. The minimum atomic E-state index is 0.105. The fourth-order valence-electron chi connectivity index (χ4n) is 5.06. The van der Waals surface area contributed by atoms with E-state index in [0.29, 0.717) is 28.0 Å². The van der Waals surface area contributed by atoms with Gasteiger partial charge in [0.2, 0.25) is 0 Å². The third-order valence-electron chi connectivity index (χ3n) is 7.01. The second kappa shape index (κ2) is 10.0. The summed E-state index contributed by atoms with van der Waals surface area (Å²) in [6.07, 6.45) is 7.84. The van der Waals surface area contributed by atoms with Gasteiger partial charge < -0.3 is 15.5 Å². The Bertz CT molecular complexity index is 1240. The van der Waals surface area contributed by atoms with Crippen LogP contribution in [0.2, 0.25) is 5.02 Å². The predicted molar refractivity (Wildman–Crippen MR) is 138 cm³/mol. The van der Waals surface area contributed by atoms with E-state index < -0.39 is 0 Å². The highest BCUT2D eigenvalue weighted by Gasteiger charge is 2.27. The number of likely N-dealkylation sites (tertiary alicyclic amines) is 2. The zero-order chi connectivity index (χ0) is 23.5. The van der Waals surface area contributed by atoms with Crippen LogP contribution in [0.4, 0.5) is 5.82 Å². The van der Waals surface area contributed by atoms with Crippen molar-refractivity contribution in [2.24, 2.45) is 0 Å². The van der Waals surface area contributed by atoms with Crippen LogP contribution < -0.4 is 5.73 Å². The number of rotatable bonds is 2. The number of benzene rings is 2. The fraction of sp³-hybridized carbons (Fsp3) is 0.357. The van der Waals surface area contributed by atoms with Crippen LogP contribution >= 0.6 is 11.6 Å². The van der Waals surface area contributed by atoms with Gasteiger partial charge >= 0.3 is 0 Å². The molecule has 1 amide bonds. The molecule has 0 unspecified atom stereocenters. The maximum Gasteiger partial charge on any atom is 0.253 e. The summed E-state index contributed by atoms with van der Waals surface area (Å²) in [7, 11) is 0. The summed E-state index contributed by atoms with van der Waals surface area (Å²) < 4.78 is 0. The van der Waals surface area contributed by atoms with Gasteiger partial charge in [0.1, 0.15) is 5.82 Å². The summed E-state index contributed by atoms with van der Waals surface area (Å²) in [5, 5.41) is 2.45. The van der Waals surface area contributed by atoms with Crippen LogP contribution in [0.25, 0.3) is 10.8 Å². The molecule has 1 aromatic heterocycles. The smallest absolute Gasteiger partial charge is 0.253 e. The Morgan fingerprint density at radius 1 is 0.971 bits per heavy atom. The summed E-state index contributed by atoms with van der Waals surface area (Å²) in [6, 6.07) is 13.7. The van der Waals surface area contributed by atoms with E-state index >= 15 is 0 Å². The molecule has 0 spiro atoms. The van der Waals surface area contributed by atoms with Crippen molar-refractivity contribution in [3.63, 3.8) is 0 Å². The largest absolute Gasteiger partial charge is 0.383 e. The standard InChI is InChI=1S/C28H29ClN4O/c29-23-10-9-22-19-31-27(30)25(26(22)18-23)11-6-20-4-7-21(8-5-20)28(34)33-16-12-24(13-17-33)32-14-2-1-3-15-32/h4-5,7-10,18-19,24H,1-3,12-17H2,(H2,30,31). The molecule has 2 fully saturated rings. The second-order valence-corrected chi connectivity index (χ2v) is 9.63. The number of fused-ring (bicyclic) bond motifs is 1. The molecule has 0 aliphatic carbocycles. The van der Waals surface area contributed by atoms with Crippen molar-refractivity contribution in [1.29, 1.82) is 0 Å².